The summed E-state index contributed by atoms with van der Waals surface area (Å²) < 4.78 is 6.39. The lowest BCUT2D eigenvalue weighted by atomic mass is 10.2. The van der Waals surface area contributed by atoms with Gasteiger partial charge in [-0.25, -0.2) is 9.78 Å². The standard InChI is InChI=1S/C19H23BrClN3O2/c1-11-5-10-14(24(11)18(25)26-19(2,3)4)17-22-15(16(20)23-17)12-6-8-13(21)9-7-12/h6-9,11,14H,5,10H2,1-4H3,(H,22,23). The number of aromatic nitrogens is 2. The van der Waals surface area contributed by atoms with Crippen molar-refractivity contribution in [1.82, 2.24) is 14.9 Å². The van der Waals surface area contributed by atoms with Gasteiger partial charge in [0.25, 0.3) is 0 Å². The molecule has 1 amide bonds. The topological polar surface area (TPSA) is 58.2 Å². The van der Waals surface area contributed by atoms with Crippen molar-refractivity contribution in [3.05, 3.63) is 39.7 Å². The van der Waals surface area contributed by atoms with Crippen LogP contribution in [0.15, 0.2) is 28.9 Å². The highest BCUT2D eigenvalue weighted by molar-refractivity contribution is 9.10. The van der Waals surface area contributed by atoms with Gasteiger partial charge in [-0.1, -0.05) is 23.7 Å². The number of ether oxygens (including phenoxy) is 1. The summed E-state index contributed by atoms with van der Waals surface area (Å²) in [6.07, 6.45) is 1.46. The average molecular weight is 441 g/mol. The van der Waals surface area contributed by atoms with Crippen LogP contribution < -0.4 is 0 Å². The van der Waals surface area contributed by atoms with Crippen molar-refractivity contribution >= 4 is 33.6 Å². The third kappa shape index (κ3) is 4.07. The molecule has 1 aliphatic rings. The molecule has 1 aromatic heterocycles. The van der Waals surface area contributed by atoms with Gasteiger partial charge in [0, 0.05) is 16.6 Å². The van der Waals surface area contributed by atoms with Gasteiger partial charge < -0.3 is 9.72 Å². The zero-order valence-corrected chi connectivity index (χ0v) is 17.7. The van der Waals surface area contributed by atoms with E-state index in [4.69, 9.17) is 21.3 Å². The smallest absolute Gasteiger partial charge is 0.411 e. The lowest BCUT2D eigenvalue weighted by molar-refractivity contribution is 0.0151. The molecule has 2 atom stereocenters. The summed E-state index contributed by atoms with van der Waals surface area (Å²) in [6, 6.07) is 7.51. The molecule has 140 valence electrons. The quantitative estimate of drug-likeness (QED) is 0.627. The number of benzene rings is 1. The number of H-pyrrole nitrogens is 1. The molecule has 1 aromatic carbocycles. The molecule has 2 unspecified atom stereocenters. The Morgan fingerprint density at radius 3 is 2.58 bits per heavy atom. The Labute approximate surface area is 167 Å². The molecule has 0 saturated carbocycles. The Balaban J connectivity index is 1.89. The van der Waals surface area contributed by atoms with Crippen LogP contribution >= 0.6 is 27.5 Å². The van der Waals surface area contributed by atoms with E-state index in [1.807, 2.05) is 52.0 Å². The summed E-state index contributed by atoms with van der Waals surface area (Å²) in [5.41, 5.74) is 1.24. The van der Waals surface area contributed by atoms with Gasteiger partial charge in [0.15, 0.2) is 0 Å². The number of carbonyl (C=O) groups excluding carboxylic acids is 1. The Morgan fingerprint density at radius 1 is 1.31 bits per heavy atom. The highest BCUT2D eigenvalue weighted by Crippen LogP contribution is 2.38. The zero-order valence-electron chi connectivity index (χ0n) is 15.3. The number of amides is 1. The van der Waals surface area contributed by atoms with Crippen LogP contribution in [-0.2, 0) is 4.74 Å². The number of carbonyl (C=O) groups is 1. The Kier molecular flexibility index (Phi) is 5.35. The van der Waals surface area contributed by atoms with Crippen LogP contribution in [-0.4, -0.2) is 32.6 Å². The van der Waals surface area contributed by atoms with Crippen molar-refractivity contribution in [2.45, 2.75) is 58.2 Å². The molecule has 0 aliphatic carbocycles. The number of aromatic amines is 1. The van der Waals surface area contributed by atoms with Crippen LogP contribution in [0.4, 0.5) is 4.79 Å². The summed E-state index contributed by atoms with van der Waals surface area (Å²) in [4.78, 5) is 22.5. The number of hydrogen-bond donors (Lipinski definition) is 1. The van der Waals surface area contributed by atoms with Crippen LogP contribution in [0.1, 0.15) is 52.4 Å². The SMILES string of the molecule is CC1CCC(c2nc(-c3ccc(Cl)cc3)c(Br)[nH]2)N1C(=O)OC(C)(C)C. The maximum atomic E-state index is 12.7. The molecule has 1 saturated heterocycles. The molecule has 1 fully saturated rings. The predicted octanol–water partition coefficient (Wildman–Crippen LogP) is 5.95. The first-order valence-corrected chi connectivity index (χ1v) is 9.85. The predicted molar refractivity (Wildman–Crippen MR) is 106 cm³/mol. The number of likely N-dealkylation sites (tertiary alicyclic amines) is 1. The summed E-state index contributed by atoms with van der Waals surface area (Å²) in [5, 5.41) is 0.682. The van der Waals surface area contributed by atoms with Crippen molar-refractivity contribution in [1.29, 1.82) is 0 Å². The van der Waals surface area contributed by atoms with Gasteiger partial charge in [-0.3, -0.25) is 4.90 Å². The van der Waals surface area contributed by atoms with Crippen LogP contribution in [0.5, 0.6) is 0 Å². The fourth-order valence-electron chi connectivity index (χ4n) is 3.20. The van der Waals surface area contributed by atoms with E-state index in [0.29, 0.717) is 5.02 Å². The number of nitrogens with zero attached hydrogens (tertiary/aromatic N) is 2. The first-order valence-electron chi connectivity index (χ1n) is 8.68. The second-order valence-electron chi connectivity index (χ2n) is 7.62. The van der Waals surface area contributed by atoms with E-state index in [0.717, 1.165) is 34.5 Å². The Hall–Kier alpha value is -1.53. The Morgan fingerprint density at radius 2 is 1.96 bits per heavy atom. The molecule has 0 bridgehead atoms. The summed E-state index contributed by atoms with van der Waals surface area (Å²) in [5.74, 6) is 0.761. The normalized spacial score (nSPS) is 20.5. The molecule has 2 aromatic rings. The lowest BCUT2D eigenvalue weighted by Gasteiger charge is -2.30. The molecule has 5 nitrogen and oxygen atoms in total. The number of halogens is 2. The van der Waals surface area contributed by atoms with E-state index < -0.39 is 5.60 Å². The van der Waals surface area contributed by atoms with Crippen molar-refractivity contribution in [2.75, 3.05) is 0 Å². The second-order valence-corrected chi connectivity index (χ2v) is 8.85. The summed E-state index contributed by atoms with van der Waals surface area (Å²) >= 11 is 9.53. The first kappa shape index (κ1) is 19.2. The molecule has 1 aliphatic heterocycles. The fourth-order valence-corrected chi connectivity index (χ4v) is 3.85. The molecule has 26 heavy (non-hydrogen) atoms. The maximum Gasteiger partial charge on any atom is 0.411 e. The number of imidazole rings is 1. The second kappa shape index (κ2) is 7.24. The van der Waals surface area contributed by atoms with Crippen LogP contribution in [0.3, 0.4) is 0 Å². The minimum Gasteiger partial charge on any atom is -0.444 e. The van der Waals surface area contributed by atoms with Crippen LogP contribution in [0, 0.1) is 0 Å². The third-order valence-electron chi connectivity index (χ3n) is 4.38. The maximum absolute atomic E-state index is 12.7. The van der Waals surface area contributed by atoms with Gasteiger partial charge in [0.05, 0.1) is 6.04 Å². The first-order chi connectivity index (χ1) is 12.2. The molecule has 1 N–H and O–H groups in total. The monoisotopic (exact) mass is 439 g/mol. The minimum absolute atomic E-state index is 0.109. The van der Waals surface area contributed by atoms with Gasteiger partial charge in [-0.2, -0.15) is 0 Å². The highest BCUT2D eigenvalue weighted by Gasteiger charge is 2.39. The summed E-state index contributed by atoms with van der Waals surface area (Å²) in [6.45, 7) is 7.68. The molecule has 2 heterocycles. The molecular formula is C19H23BrClN3O2. The number of rotatable bonds is 2. The minimum atomic E-state index is -0.526. The largest absolute Gasteiger partial charge is 0.444 e. The van der Waals surface area contributed by atoms with Gasteiger partial charge >= 0.3 is 6.09 Å². The van der Waals surface area contributed by atoms with E-state index in [1.165, 1.54) is 0 Å². The highest BCUT2D eigenvalue weighted by atomic mass is 79.9. The van der Waals surface area contributed by atoms with E-state index in [2.05, 4.69) is 20.9 Å². The van der Waals surface area contributed by atoms with Crippen LogP contribution in [0.2, 0.25) is 5.02 Å². The molecule has 0 radical (unpaired) electrons. The van der Waals surface area contributed by atoms with Crippen molar-refractivity contribution in [3.63, 3.8) is 0 Å². The lowest BCUT2D eigenvalue weighted by Crippen LogP contribution is -2.40. The van der Waals surface area contributed by atoms with Crippen molar-refractivity contribution < 1.29 is 9.53 Å². The van der Waals surface area contributed by atoms with Gasteiger partial charge in [-0.15, -0.1) is 0 Å². The fraction of sp³-hybridized carbons (Fsp3) is 0.474. The third-order valence-corrected chi connectivity index (χ3v) is 5.21. The number of nitrogens with one attached hydrogen (secondary N) is 1. The molecule has 7 heteroatoms. The van der Waals surface area contributed by atoms with Gasteiger partial charge in [0.1, 0.15) is 21.7 Å². The average Bonchev–Trinajstić information content (AvgIpc) is 3.09. The van der Waals surface area contributed by atoms with E-state index in [1.54, 1.807) is 4.90 Å². The van der Waals surface area contributed by atoms with E-state index in [-0.39, 0.29) is 18.2 Å². The van der Waals surface area contributed by atoms with E-state index >= 15 is 0 Å². The zero-order chi connectivity index (χ0) is 19.1. The van der Waals surface area contributed by atoms with Crippen LogP contribution in [0.25, 0.3) is 11.3 Å². The molecule has 0 spiro atoms. The van der Waals surface area contributed by atoms with E-state index in [9.17, 15) is 4.79 Å². The number of hydrogen-bond acceptors (Lipinski definition) is 3. The van der Waals surface area contributed by atoms with Gasteiger partial charge in [-0.05, 0) is 68.6 Å². The molecule has 3 rings (SSSR count). The Bertz CT molecular complexity index is 798. The van der Waals surface area contributed by atoms with Gasteiger partial charge in [0.2, 0.25) is 0 Å². The summed E-state index contributed by atoms with van der Waals surface area (Å²) in [7, 11) is 0. The van der Waals surface area contributed by atoms with Crippen molar-refractivity contribution in [3.8, 4) is 11.3 Å². The van der Waals surface area contributed by atoms with Crippen molar-refractivity contribution in [2.24, 2.45) is 0 Å². The molecular weight excluding hydrogens is 418 g/mol.